The second-order valence-corrected chi connectivity index (χ2v) is 6.66. The first-order chi connectivity index (χ1) is 11.4. The van der Waals surface area contributed by atoms with Gasteiger partial charge in [-0.25, -0.2) is 0 Å². The maximum Gasteiger partial charge on any atom is 0.573 e. The molecule has 0 bridgehead atoms. The van der Waals surface area contributed by atoms with Gasteiger partial charge in [0.1, 0.15) is 5.75 Å². The van der Waals surface area contributed by atoms with E-state index in [-0.39, 0.29) is 42.6 Å². The number of nitrogens with one attached hydrogen (secondary N) is 1. The monoisotopic (exact) mass is 360 g/mol. The van der Waals surface area contributed by atoms with Crippen LogP contribution in [-0.4, -0.2) is 36.7 Å². The van der Waals surface area contributed by atoms with Crippen LogP contribution in [0.5, 0.6) is 5.75 Å². The Bertz CT molecular complexity index is 610. The predicted octanol–water partition coefficient (Wildman–Crippen LogP) is 3.10. The van der Waals surface area contributed by atoms with Gasteiger partial charge in [-0.1, -0.05) is 39.0 Å². The summed E-state index contributed by atoms with van der Waals surface area (Å²) in [5, 5.41) is 2.65. The molecule has 0 saturated heterocycles. The van der Waals surface area contributed by atoms with E-state index in [1.807, 2.05) is 0 Å². The van der Waals surface area contributed by atoms with E-state index in [1.54, 1.807) is 26.8 Å². The summed E-state index contributed by atoms with van der Waals surface area (Å²) in [5.74, 6) is -0.807. The third kappa shape index (κ3) is 7.45. The van der Waals surface area contributed by atoms with Crippen LogP contribution in [-0.2, 0) is 16.1 Å². The summed E-state index contributed by atoms with van der Waals surface area (Å²) < 4.78 is 41.2. The van der Waals surface area contributed by atoms with Crippen molar-refractivity contribution in [2.24, 2.45) is 5.41 Å². The normalized spacial score (nSPS) is 11.8. The van der Waals surface area contributed by atoms with E-state index in [2.05, 4.69) is 10.1 Å². The minimum absolute atomic E-state index is 0.0295. The summed E-state index contributed by atoms with van der Waals surface area (Å²) in [4.78, 5) is 25.1. The highest BCUT2D eigenvalue weighted by molar-refractivity contribution is 5.82. The molecule has 1 rings (SSSR count). The quantitative estimate of drug-likeness (QED) is 0.848. The van der Waals surface area contributed by atoms with Gasteiger partial charge in [-0.05, 0) is 6.07 Å². The lowest BCUT2D eigenvalue weighted by Crippen LogP contribution is -2.37. The van der Waals surface area contributed by atoms with Crippen LogP contribution in [0, 0.1) is 5.41 Å². The molecular weight excluding hydrogens is 337 g/mol. The molecule has 0 radical (unpaired) electrons. The van der Waals surface area contributed by atoms with Gasteiger partial charge in [0, 0.05) is 37.5 Å². The molecule has 0 aromatic heterocycles. The van der Waals surface area contributed by atoms with Crippen molar-refractivity contribution in [3.05, 3.63) is 29.8 Å². The maximum absolute atomic E-state index is 12.4. The van der Waals surface area contributed by atoms with Gasteiger partial charge >= 0.3 is 6.36 Å². The molecule has 0 atom stereocenters. The van der Waals surface area contributed by atoms with Gasteiger partial charge in [0.25, 0.3) is 0 Å². The number of hydrogen-bond acceptors (Lipinski definition) is 3. The Morgan fingerprint density at radius 3 is 2.32 bits per heavy atom. The van der Waals surface area contributed by atoms with Gasteiger partial charge in [-0.15, -0.1) is 13.2 Å². The molecule has 25 heavy (non-hydrogen) atoms. The Labute approximate surface area is 145 Å². The van der Waals surface area contributed by atoms with E-state index in [0.717, 1.165) is 0 Å². The van der Waals surface area contributed by atoms with Crippen LogP contribution in [0.2, 0.25) is 0 Å². The average molecular weight is 360 g/mol. The van der Waals surface area contributed by atoms with E-state index in [4.69, 9.17) is 0 Å². The number of carbonyl (C=O) groups excluding carboxylic acids is 2. The van der Waals surface area contributed by atoms with Gasteiger partial charge < -0.3 is 15.0 Å². The van der Waals surface area contributed by atoms with Gasteiger partial charge in [-0.2, -0.15) is 0 Å². The molecule has 1 aromatic carbocycles. The molecule has 0 saturated carbocycles. The molecule has 0 aliphatic carbocycles. The van der Waals surface area contributed by atoms with Crippen LogP contribution >= 0.6 is 0 Å². The summed E-state index contributed by atoms with van der Waals surface area (Å²) in [6.45, 7) is 5.41. The molecule has 0 spiro atoms. The third-order valence-corrected chi connectivity index (χ3v) is 3.34. The van der Waals surface area contributed by atoms with Gasteiger partial charge in [-0.3, -0.25) is 9.59 Å². The Morgan fingerprint density at radius 1 is 1.16 bits per heavy atom. The molecule has 140 valence electrons. The zero-order chi connectivity index (χ0) is 19.3. The zero-order valence-electron chi connectivity index (χ0n) is 14.7. The van der Waals surface area contributed by atoms with Crippen LogP contribution < -0.4 is 10.1 Å². The predicted molar refractivity (Wildman–Crippen MR) is 86.7 cm³/mol. The van der Waals surface area contributed by atoms with Crippen molar-refractivity contribution in [3.8, 4) is 5.75 Å². The second-order valence-electron chi connectivity index (χ2n) is 6.66. The number of amides is 2. The fraction of sp³-hybridized carbons (Fsp3) is 0.529. The number of rotatable bonds is 6. The largest absolute Gasteiger partial charge is 0.573 e. The third-order valence-electron chi connectivity index (χ3n) is 3.34. The molecule has 1 aromatic rings. The topological polar surface area (TPSA) is 58.6 Å². The highest BCUT2D eigenvalue weighted by Crippen LogP contribution is 2.27. The van der Waals surface area contributed by atoms with Crippen LogP contribution in [0.4, 0.5) is 13.2 Å². The molecule has 0 aliphatic rings. The van der Waals surface area contributed by atoms with Crippen molar-refractivity contribution in [1.29, 1.82) is 0 Å². The lowest BCUT2D eigenvalue weighted by Gasteiger charge is -2.21. The van der Waals surface area contributed by atoms with Gasteiger partial charge in [0.15, 0.2) is 0 Å². The number of carbonyl (C=O) groups is 2. The number of benzene rings is 1. The standard InChI is InChI=1S/C17H23F3N2O3/c1-16(2,3)15(24)21-10-9-14(23)22(4)11-12-7-5-6-8-13(12)25-17(18,19)20/h5-8H,9-11H2,1-4H3,(H,21,24). The van der Waals surface area contributed by atoms with Crippen molar-refractivity contribution < 1.29 is 27.5 Å². The van der Waals surface area contributed by atoms with Crippen LogP contribution in [0.15, 0.2) is 24.3 Å². The highest BCUT2D eigenvalue weighted by Gasteiger charge is 2.32. The van der Waals surface area contributed by atoms with Crippen molar-refractivity contribution in [2.45, 2.75) is 40.1 Å². The Morgan fingerprint density at radius 2 is 1.76 bits per heavy atom. The number of hydrogen-bond donors (Lipinski definition) is 1. The van der Waals surface area contributed by atoms with E-state index in [1.165, 1.54) is 30.1 Å². The Hall–Kier alpha value is -2.25. The molecular formula is C17H23F3N2O3. The summed E-state index contributed by atoms with van der Waals surface area (Å²) in [7, 11) is 1.48. The average Bonchev–Trinajstić information content (AvgIpc) is 2.46. The minimum atomic E-state index is -4.80. The van der Waals surface area contributed by atoms with Crippen LogP contribution in [0.1, 0.15) is 32.8 Å². The molecule has 8 heteroatoms. The first kappa shape index (κ1) is 20.8. The first-order valence-corrected chi connectivity index (χ1v) is 7.76. The van der Waals surface area contributed by atoms with Crippen molar-refractivity contribution in [3.63, 3.8) is 0 Å². The minimum Gasteiger partial charge on any atom is -0.405 e. The van der Waals surface area contributed by atoms with Gasteiger partial charge in [0.2, 0.25) is 11.8 Å². The number of alkyl halides is 3. The molecule has 5 nitrogen and oxygen atoms in total. The Balaban J connectivity index is 2.60. The van der Waals surface area contributed by atoms with Gasteiger partial charge in [0.05, 0.1) is 0 Å². The number of para-hydroxylation sites is 1. The fourth-order valence-electron chi connectivity index (χ4n) is 1.94. The van der Waals surface area contributed by atoms with E-state index in [9.17, 15) is 22.8 Å². The summed E-state index contributed by atoms with van der Waals surface area (Å²) >= 11 is 0. The first-order valence-electron chi connectivity index (χ1n) is 7.76. The number of nitrogens with zero attached hydrogens (tertiary/aromatic N) is 1. The maximum atomic E-state index is 12.4. The van der Waals surface area contributed by atoms with Crippen molar-refractivity contribution in [1.82, 2.24) is 10.2 Å². The summed E-state index contributed by atoms with van der Waals surface area (Å²) in [6.07, 6.45) is -4.74. The molecule has 0 unspecified atom stereocenters. The Kier molecular flexibility index (Phi) is 6.84. The smallest absolute Gasteiger partial charge is 0.405 e. The van der Waals surface area contributed by atoms with E-state index in [0.29, 0.717) is 0 Å². The van der Waals surface area contributed by atoms with E-state index >= 15 is 0 Å². The summed E-state index contributed by atoms with van der Waals surface area (Å²) in [5.41, 5.74) is -0.308. The number of halogens is 3. The van der Waals surface area contributed by atoms with Crippen molar-refractivity contribution >= 4 is 11.8 Å². The highest BCUT2D eigenvalue weighted by atomic mass is 19.4. The second kappa shape index (κ2) is 8.22. The van der Waals surface area contributed by atoms with Crippen LogP contribution in [0.25, 0.3) is 0 Å². The molecule has 2 amide bonds. The number of ether oxygens (including phenoxy) is 1. The lowest BCUT2D eigenvalue weighted by molar-refractivity contribution is -0.275. The van der Waals surface area contributed by atoms with Crippen molar-refractivity contribution in [2.75, 3.05) is 13.6 Å². The molecule has 1 N–H and O–H groups in total. The van der Waals surface area contributed by atoms with Crippen LogP contribution in [0.3, 0.4) is 0 Å². The fourth-order valence-corrected chi connectivity index (χ4v) is 1.94. The molecule has 0 fully saturated rings. The summed E-state index contributed by atoms with van der Waals surface area (Å²) in [6, 6.07) is 5.66. The molecule has 0 heterocycles. The zero-order valence-corrected chi connectivity index (χ0v) is 14.7. The SMILES string of the molecule is CN(Cc1ccccc1OC(F)(F)F)C(=O)CCNC(=O)C(C)(C)C. The van der Waals surface area contributed by atoms with E-state index < -0.39 is 11.8 Å². The lowest BCUT2D eigenvalue weighted by atomic mass is 9.96. The molecule has 0 aliphatic heterocycles.